The Morgan fingerprint density at radius 2 is 2.10 bits per heavy atom. The van der Waals surface area contributed by atoms with E-state index >= 15 is 0 Å². The first kappa shape index (κ1) is 30.4. The molecule has 0 radical (unpaired) electrons. The van der Waals surface area contributed by atoms with Crippen molar-refractivity contribution in [2.75, 3.05) is 62.5 Å². The molecule has 1 saturated heterocycles. The Bertz CT molecular complexity index is 1420. The minimum Gasteiger partial charge on any atom is -0.755 e. The zero-order valence-electron chi connectivity index (χ0n) is 23.3. The SMILES string of the molecule is CCOC(=O)[C@@H](Cc1cc2ccnc(N)c2cc1OCCOC)N1CC[C@H](N(c2cnc(N(C)C)s2)S(=O)[O-])C1=O. The number of esters is 1. The molecule has 4 rings (SSSR count). The Hall–Kier alpha value is -3.53. The molecule has 3 atom stereocenters. The van der Waals surface area contributed by atoms with E-state index in [1.165, 1.54) is 11.1 Å². The highest BCUT2D eigenvalue weighted by Crippen LogP contribution is 2.35. The van der Waals surface area contributed by atoms with Gasteiger partial charge in [0.25, 0.3) is 0 Å². The van der Waals surface area contributed by atoms with Crippen LogP contribution in [0.4, 0.5) is 16.0 Å². The van der Waals surface area contributed by atoms with Crippen molar-refractivity contribution in [1.29, 1.82) is 0 Å². The third-order valence-corrected chi connectivity index (χ3v) is 8.66. The van der Waals surface area contributed by atoms with Crippen LogP contribution >= 0.6 is 11.3 Å². The normalized spacial score (nSPS) is 16.6. The van der Waals surface area contributed by atoms with Crippen LogP contribution in [0.1, 0.15) is 18.9 Å². The van der Waals surface area contributed by atoms with Gasteiger partial charge in [0.05, 0.1) is 19.4 Å². The molecule has 0 spiro atoms. The molecule has 1 amide bonds. The molecule has 2 aromatic heterocycles. The van der Waals surface area contributed by atoms with Crippen LogP contribution in [0.25, 0.3) is 10.8 Å². The number of aromatic nitrogens is 2. The molecule has 222 valence electrons. The number of carbonyl (C=O) groups is 2. The van der Waals surface area contributed by atoms with Gasteiger partial charge in [-0.2, -0.15) is 0 Å². The maximum Gasteiger partial charge on any atom is 0.329 e. The van der Waals surface area contributed by atoms with Gasteiger partial charge in [-0.05, 0) is 42.5 Å². The average Bonchev–Trinajstić information content (AvgIpc) is 3.56. The number of nitrogens with two attached hydrogens (primary N) is 1. The molecule has 0 aliphatic carbocycles. The number of hydrogen-bond acceptors (Lipinski definition) is 12. The predicted molar refractivity (Wildman–Crippen MR) is 156 cm³/mol. The number of rotatable bonds is 13. The second kappa shape index (κ2) is 13.4. The topological polar surface area (TPSA) is 163 Å². The zero-order chi connectivity index (χ0) is 29.7. The lowest BCUT2D eigenvalue weighted by Gasteiger charge is -2.31. The predicted octanol–water partition coefficient (Wildman–Crippen LogP) is 1.74. The Labute approximate surface area is 244 Å². The minimum absolute atomic E-state index is 0.0730. The maximum absolute atomic E-state index is 13.8. The van der Waals surface area contributed by atoms with Crippen LogP contribution < -0.4 is 19.7 Å². The number of thiazole rings is 1. The van der Waals surface area contributed by atoms with Crippen LogP contribution in [0.2, 0.25) is 0 Å². The summed E-state index contributed by atoms with van der Waals surface area (Å²) in [4.78, 5) is 38.6. The molecule has 15 heteroatoms. The number of methoxy groups -OCH3 is 1. The van der Waals surface area contributed by atoms with Gasteiger partial charge in [-0.25, -0.2) is 14.8 Å². The minimum atomic E-state index is -2.75. The van der Waals surface area contributed by atoms with Crippen LogP contribution in [0, 0.1) is 0 Å². The second-order valence-electron chi connectivity index (χ2n) is 9.45. The van der Waals surface area contributed by atoms with Crippen molar-refractivity contribution in [3.63, 3.8) is 0 Å². The number of ether oxygens (including phenoxy) is 3. The zero-order valence-corrected chi connectivity index (χ0v) is 24.9. The molecule has 1 aromatic carbocycles. The summed E-state index contributed by atoms with van der Waals surface area (Å²) in [5.41, 5.74) is 6.74. The van der Waals surface area contributed by atoms with Gasteiger partial charge in [0.2, 0.25) is 5.91 Å². The van der Waals surface area contributed by atoms with E-state index in [-0.39, 0.29) is 32.6 Å². The van der Waals surface area contributed by atoms with Crippen molar-refractivity contribution in [2.45, 2.75) is 31.8 Å². The van der Waals surface area contributed by atoms with Gasteiger partial charge in [-0.1, -0.05) is 11.3 Å². The van der Waals surface area contributed by atoms with Crippen molar-refractivity contribution >= 4 is 61.2 Å². The van der Waals surface area contributed by atoms with Crippen molar-refractivity contribution in [3.05, 3.63) is 36.2 Å². The Morgan fingerprint density at radius 1 is 1.32 bits per heavy atom. The van der Waals surface area contributed by atoms with E-state index in [4.69, 9.17) is 19.9 Å². The van der Waals surface area contributed by atoms with Gasteiger partial charge >= 0.3 is 5.97 Å². The highest BCUT2D eigenvalue weighted by atomic mass is 32.2. The second-order valence-corrected chi connectivity index (χ2v) is 11.3. The maximum atomic E-state index is 13.8. The summed E-state index contributed by atoms with van der Waals surface area (Å²) in [6.45, 7) is 2.54. The lowest BCUT2D eigenvalue weighted by Crippen LogP contribution is -2.49. The van der Waals surface area contributed by atoms with E-state index in [9.17, 15) is 18.4 Å². The van der Waals surface area contributed by atoms with E-state index in [1.807, 2.05) is 6.07 Å². The molecule has 41 heavy (non-hydrogen) atoms. The van der Waals surface area contributed by atoms with Crippen molar-refractivity contribution in [3.8, 4) is 5.75 Å². The first-order valence-corrected chi connectivity index (χ1v) is 14.8. The van der Waals surface area contributed by atoms with Gasteiger partial charge in [0.1, 0.15) is 35.3 Å². The number of nitrogen functional groups attached to an aromatic ring is 1. The van der Waals surface area contributed by atoms with Crippen LogP contribution in [-0.2, 0) is 36.8 Å². The first-order chi connectivity index (χ1) is 19.7. The summed E-state index contributed by atoms with van der Waals surface area (Å²) in [7, 11) is 5.14. The smallest absolute Gasteiger partial charge is 0.329 e. The summed E-state index contributed by atoms with van der Waals surface area (Å²) >= 11 is -1.60. The fraction of sp³-hybridized carbons (Fsp3) is 0.462. The van der Waals surface area contributed by atoms with Crippen molar-refractivity contribution < 1.29 is 32.6 Å². The molecule has 1 aliphatic heterocycles. The molecular weight excluding hydrogens is 572 g/mol. The fourth-order valence-corrected chi connectivity index (χ4v) is 6.37. The van der Waals surface area contributed by atoms with Gasteiger partial charge in [0, 0.05) is 57.0 Å². The Kier molecular flexibility index (Phi) is 9.96. The Morgan fingerprint density at radius 3 is 2.76 bits per heavy atom. The van der Waals surface area contributed by atoms with E-state index in [0.29, 0.717) is 39.3 Å². The molecule has 2 N–H and O–H groups in total. The average molecular weight is 606 g/mol. The van der Waals surface area contributed by atoms with Gasteiger partial charge < -0.3 is 34.3 Å². The number of fused-ring (bicyclic) bond motifs is 1. The summed E-state index contributed by atoms with van der Waals surface area (Å²) in [6.07, 6.45) is 3.27. The molecule has 1 unspecified atom stereocenters. The van der Waals surface area contributed by atoms with Crippen LogP contribution in [-0.4, -0.2) is 95.2 Å². The van der Waals surface area contributed by atoms with Crippen LogP contribution in [0.3, 0.4) is 0 Å². The summed E-state index contributed by atoms with van der Waals surface area (Å²) < 4.78 is 42.1. The number of benzene rings is 1. The van der Waals surface area contributed by atoms with Gasteiger partial charge in [-0.3, -0.25) is 13.3 Å². The third kappa shape index (κ3) is 6.69. The highest BCUT2D eigenvalue weighted by molar-refractivity contribution is 7.81. The van der Waals surface area contributed by atoms with Crippen molar-refractivity contribution in [1.82, 2.24) is 14.9 Å². The monoisotopic (exact) mass is 605 g/mol. The van der Waals surface area contributed by atoms with Gasteiger partial charge in [0.15, 0.2) is 5.13 Å². The van der Waals surface area contributed by atoms with E-state index < -0.39 is 35.2 Å². The standard InChI is InChI=1S/C26H34N6O7S2/c1-5-38-25(34)20(13-17-12-16-6-8-28-23(27)18(16)14-21(17)39-11-10-37-4)31-9-7-19(24(31)33)32(41(35)36)22-15-29-26(40-22)30(2)3/h6,8,12,14-15,19-20H,5,7,9-11,13H2,1-4H3,(H2,27,28)(H,35,36)/p-1/t19-,20+/m0/s1. The van der Waals surface area contributed by atoms with E-state index in [2.05, 4.69) is 9.97 Å². The van der Waals surface area contributed by atoms with E-state index in [0.717, 1.165) is 21.0 Å². The summed E-state index contributed by atoms with van der Waals surface area (Å²) in [5, 5.41) is 2.37. The van der Waals surface area contributed by atoms with Crippen LogP contribution in [0.15, 0.2) is 30.6 Å². The Balaban J connectivity index is 1.68. The summed E-state index contributed by atoms with van der Waals surface area (Å²) in [6, 6.07) is 3.35. The number of anilines is 3. The third-order valence-electron chi connectivity index (χ3n) is 6.61. The number of pyridine rings is 1. The van der Waals surface area contributed by atoms with Crippen molar-refractivity contribution in [2.24, 2.45) is 0 Å². The molecule has 13 nitrogen and oxygen atoms in total. The largest absolute Gasteiger partial charge is 0.755 e. The number of nitrogens with zero attached hydrogens (tertiary/aromatic N) is 5. The molecule has 1 aliphatic rings. The lowest BCUT2D eigenvalue weighted by atomic mass is 10.00. The number of amides is 1. The number of carbonyl (C=O) groups excluding carboxylic acids is 2. The van der Waals surface area contributed by atoms with Gasteiger partial charge in [-0.15, -0.1) is 0 Å². The first-order valence-electron chi connectivity index (χ1n) is 12.9. The van der Waals surface area contributed by atoms with Crippen LogP contribution in [0.5, 0.6) is 5.75 Å². The molecule has 0 bridgehead atoms. The summed E-state index contributed by atoms with van der Waals surface area (Å²) in [5.74, 6) is -0.296. The molecule has 1 fully saturated rings. The molecule has 3 aromatic rings. The molecular formula is C26H33N6O7S2-. The molecule has 3 heterocycles. The fourth-order valence-electron chi connectivity index (χ4n) is 4.68. The van der Waals surface area contributed by atoms with E-state index in [1.54, 1.807) is 51.4 Å². The lowest BCUT2D eigenvalue weighted by molar-refractivity contribution is -0.153. The quantitative estimate of drug-likeness (QED) is 0.171. The number of likely N-dealkylation sites (tertiary alicyclic amines) is 1. The highest BCUT2D eigenvalue weighted by Gasteiger charge is 2.43. The number of hydrogen-bond donors (Lipinski definition) is 1. The molecule has 0 saturated carbocycles.